The topological polar surface area (TPSA) is 9.23 Å². The molecule has 0 aromatic heterocycles. The van der Waals surface area contributed by atoms with Gasteiger partial charge in [0.05, 0.1) is 0 Å². The van der Waals surface area contributed by atoms with E-state index in [0.717, 1.165) is 0 Å². The maximum Gasteiger partial charge on any atom is 0.387 e. The highest BCUT2D eigenvalue weighted by atomic mass is 19.3. The third-order valence-corrected chi connectivity index (χ3v) is 0.906. The zero-order valence-electron chi connectivity index (χ0n) is 8.31. The predicted molar refractivity (Wildman–Crippen MR) is 51.5 cm³/mol. The number of hydrogen-bond donors (Lipinski definition) is 0. The molecule has 0 bridgehead atoms. The Kier molecular flexibility index (Phi) is 9.94. The van der Waals surface area contributed by atoms with Gasteiger partial charge in [-0.1, -0.05) is 33.1 Å². The number of alkyl halides is 2. The third-order valence-electron chi connectivity index (χ3n) is 0.906. The minimum atomic E-state index is -2.81. The highest BCUT2D eigenvalue weighted by molar-refractivity contribution is 5.23. The van der Waals surface area contributed by atoms with E-state index in [2.05, 4.69) is 17.9 Å². The quantitative estimate of drug-likeness (QED) is 0.482. The summed E-state index contributed by atoms with van der Waals surface area (Å²) >= 11 is 0. The van der Waals surface area contributed by atoms with E-state index in [1.54, 1.807) is 6.92 Å². The maximum absolute atomic E-state index is 11.6. The van der Waals surface area contributed by atoms with Crippen LogP contribution in [-0.2, 0) is 4.74 Å². The summed E-state index contributed by atoms with van der Waals surface area (Å²) in [4.78, 5) is 0. The lowest BCUT2D eigenvalue weighted by Crippen LogP contribution is -1.99. The Morgan fingerprint density at radius 2 is 1.85 bits per heavy atom. The van der Waals surface area contributed by atoms with Crippen molar-refractivity contribution in [2.45, 2.75) is 27.4 Å². The van der Waals surface area contributed by atoms with E-state index in [-0.39, 0.29) is 5.76 Å². The van der Waals surface area contributed by atoms with Crippen molar-refractivity contribution >= 4 is 0 Å². The van der Waals surface area contributed by atoms with Crippen LogP contribution in [0.4, 0.5) is 8.78 Å². The average molecular weight is 190 g/mol. The number of halogens is 2. The molecule has 76 valence electrons. The summed E-state index contributed by atoms with van der Waals surface area (Å²) in [5, 5.41) is 0. The molecule has 0 aliphatic heterocycles. The fraction of sp³-hybridized carbons (Fsp3) is 0.400. The molecule has 0 heterocycles. The first-order valence-electron chi connectivity index (χ1n) is 4.01. The Morgan fingerprint density at radius 1 is 1.38 bits per heavy atom. The zero-order valence-corrected chi connectivity index (χ0v) is 8.31. The van der Waals surface area contributed by atoms with E-state index in [4.69, 9.17) is 0 Å². The van der Waals surface area contributed by atoms with Crippen molar-refractivity contribution in [2.24, 2.45) is 0 Å². The predicted octanol–water partition coefficient (Wildman–Crippen LogP) is 3.90. The lowest BCUT2D eigenvalue weighted by molar-refractivity contribution is -0.0932. The van der Waals surface area contributed by atoms with Crippen molar-refractivity contribution in [3.63, 3.8) is 0 Å². The van der Waals surface area contributed by atoms with Crippen molar-refractivity contribution in [1.29, 1.82) is 0 Å². The van der Waals surface area contributed by atoms with Crippen molar-refractivity contribution in [3.8, 4) is 0 Å². The van der Waals surface area contributed by atoms with E-state index in [0.29, 0.717) is 5.57 Å². The van der Waals surface area contributed by atoms with Crippen LogP contribution >= 0.6 is 0 Å². The van der Waals surface area contributed by atoms with Crippen LogP contribution < -0.4 is 0 Å². The summed E-state index contributed by atoms with van der Waals surface area (Å²) in [5.41, 5.74) is 0.449. The van der Waals surface area contributed by atoms with Crippen LogP contribution in [0.1, 0.15) is 20.8 Å². The van der Waals surface area contributed by atoms with Crippen molar-refractivity contribution in [2.75, 3.05) is 0 Å². The molecule has 0 aliphatic rings. The minimum Gasteiger partial charge on any atom is -0.435 e. The van der Waals surface area contributed by atoms with Gasteiger partial charge in [-0.05, 0) is 18.6 Å². The van der Waals surface area contributed by atoms with Gasteiger partial charge in [-0.25, -0.2) is 0 Å². The molecule has 0 fully saturated rings. The largest absolute Gasteiger partial charge is 0.435 e. The standard InChI is InChI=1S/C8H10F2O.C2H6/c1-4-5-7(6(2)3)11-8(9)10;1-2/h4-5,8H,1-2H2,3H3;1-2H3/b7-5+;. The first-order valence-corrected chi connectivity index (χ1v) is 4.01. The summed E-state index contributed by atoms with van der Waals surface area (Å²) in [6.07, 6.45) is 2.71. The van der Waals surface area contributed by atoms with Crippen molar-refractivity contribution in [3.05, 3.63) is 36.6 Å². The number of rotatable bonds is 4. The molecule has 0 unspecified atom stereocenters. The Labute approximate surface area is 78.4 Å². The van der Waals surface area contributed by atoms with E-state index in [1.807, 2.05) is 13.8 Å². The molecule has 3 heteroatoms. The molecule has 13 heavy (non-hydrogen) atoms. The molecule has 0 radical (unpaired) electrons. The fourth-order valence-corrected chi connectivity index (χ4v) is 0.485. The zero-order chi connectivity index (χ0) is 10.9. The molecule has 0 saturated carbocycles. The van der Waals surface area contributed by atoms with E-state index < -0.39 is 6.61 Å². The third kappa shape index (κ3) is 8.79. The first kappa shape index (κ1) is 14.4. The van der Waals surface area contributed by atoms with Crippen LogP contribution in [0, 0.1) is 0 Å². The second-order valence-electron chi connectivity index (χ2n) is 1.93. The molecule has 0 amide bonds. The normalized spacial score (nSPS) is 10.2. The summed E-state index contributed by atoms with van der Waals surface area (Å²) in [7, 11) is 0. The molecule has 0 N–H and O–H groups in total. The van der Waals surface area contributed by atoms with Crippen LogP contribution in [0.2, 0.25) is 0 Å². The first-order chi connectivity index (χ1) is 6.07. The van der Waals surface area contributed by atoms with Gasteiger partial charge in [0.1, 0.15) is 5.76 Å². The van der Waals surface area contributed by atoms with E-state index >= 15 is 0 Å². The van der Waals surface area contributed by atoms with Crippen molar-refractivity contribution in [1.82, 2.24) is 0 Å². The van der Waals surface area contributed by atoms with Crippen LogP contribution in [0.15, 0.2) is 36.6 Å². The molecular formula is C10H16F2O. The van der Waals surface area contributed by atoms with Gasteiger partial charge in [0.15, 0.2) is 0 Å². The van der Waals surface area contributed by atoms with Gasteiger partial charge in [0.2, 0.25) is 0 Å². The number of hydrogen-bond acceptors (Lipinski definition) is 1. The summed E-state index contributed by atoms with van der Waals surface area (Å²) < 4.78 is 27.4. The summed E-state index contributed by atoms with van der Waals surface area (Å²) in [6.45, 7) is 9.57. The molecule has 0 atom stereocenters. The molecule has 0 spiro atoms. The highest BCUT2D eigenvalue weighted by Crippen LogP contribution is 2.12. The highest BCUT2D eigenvalue weighted by Gasteiger charge is 2.05. The van der Waals surface area contributed by atoms with Crippen LogP contribution in [0.5, 0.6) is 0 Å². The van der Waals surface area contributed by atoms with Gasteiger partial charge >= 0.3 is 6.61 Å². The smallest absolute Gasteiger partial charge is 0.387 e. The Bertz CT molecular complexity index is 183. The minimum absolute atomic E-state index is 0.0648. The summed E-state index contributed by atoms with van der Waals surface area (Å²) in [5.74, 6) is 0.0648. The van der Waals surface area contributed by atoms with Crippen LogP contribution in [-0.4, -0.2) is 6.61 Å². The number of ether oxygens (including phenoxy) is 1. The molecule has 0 aliphatic carbocycles. The Hall–Kier alpha value is -1.12. The molecule has 0 rings (SSSR count). The van der Waals surface area contributed by atoms with Gasteiger partial charge in [-0.15, -0.1) is 0 Å². The van der Waals surface area contributed by atoms with Crippen LogP contribution in [0.25, 0.3) is 0 Å². The van der Waals surface area contributed by atoms with Crippen LogP contribution in [0.3, 0.4) is 0 Å². The van der Waals surface area contributed by atoms with E-state index in [1.165, 1.54) is 12.2 Å². The SMILES string of the molecule is C=C/C=C(/OC(F)F)C(=C)C.CC. The Morgan fingerprint density at radius 3 is 2.08 bits per heavy atom. The van der Waals surface area contributed by atoms with Gasteiger partial charge < -0.3 is 4.74 Å². The Balaban J connectivity index is 0. The second-order valence-corrected chi connectivity index (χ2v) is 1.93. The lowest BCUT2D eigenvalue weighted by atomic mass is 10.3. The fourth-order valence-electron chi connectivity index (χ4n) is 0.485. The monoisotopic (exact) mass is 190 g/mol. The van der Waals surface area contributed by atoms with Gasteiger partial charge in [-0.2, -0.15) is 8.78 Å². The average Bonchev–Trinajstić information content (AvgIpc) is 2.06. The molecule has 0 aromatic rings. The molecule has 0 aromatic carbocycles. The molecule has 1 nitrogen and oxygen atoms in total. The molecule has 0 saturated heterocycles. The number of allylic oxidation sites excluding steroid dienone is 3. The van der Waals surface area contributed by atoms with E-state index in [9.17, 15) is 8.78 Å². The van der Waals surface area contributed by atoms with Crippen molar-refractivity contribution < 1.29 is 13.5 Å². The molecular weight excluding hydrogens is 174 g/mol. The summed E-state index contributed by atoms with van der Waals surface area (Å²) in [6, 6.07) is 0. The maximum atomic E-state index is 11.6. The lowest BCUT2D eigenvalue weighted by Gasteiger charge is -2.07. The second kappa shape index (κ2) is 8.97. The van der Waals surface area contributed by atoms with Gasteiger partial charge in [0, 0.05) is 0 Å². The van der Waals surface area contributed by atoms with Gasteiger partial charge in [-0.3, -0.25) is 0 Å². The van der Waals surface area contributed by atoms with Gasteiger partial charge in [0.25, 0.3) is 0 Å².